The lowest BCUT2D eigenvalue weighted by atomic mass is 10.1. The fourth-order valence-electron chi connectivity index (χ4n) is 2.18. The first-order chi connectivity index (χ1) is 9.91. The third-order valence-electron chi connectivity index (χ3n) is 3.74. The van der Waals surface area contributed by atoms with E-state index < -0.39 is 5.97 Å². The van der Waals surface area contributed by atoms with E-state index in [9.17, 15) is 9.59 Å². The van der Waals surface area contributed by atoms with Gasteiger partial charge in [0.2, 0.25) is 0 Å². The van der Waals surface area contributed by atoms with Gasteiger partial charge in [-0.25, -0.2) is 4.79 Å². The minimum atomic E-state index is -0.915. The van der Waals surface area contributed by atoms with Crippen LogP contribution < -0.4 is 5.32 Å². The highest BCUT2D eigenvalue weighted by Gasteiger charge is 2.28. The van der Waals surface area contributed by atoms with Gasteiger partial charge in [-0.2, -0.15) is 0 Å². The molecule has 1 heterocycles. The summed E-state index contributed by atoms with van der Waals surface area (Å²) in [5.41, 5.74) is 0. The highest BCUT2D eigenvalue weighted by molar-refractivity contribution is 5.76. The van der Waals surface area contributed by atoms with E-state index in [1.165, 1.54) is 0 Å². The molecule has 122 valence electrons. The molecule has 1 aliphatic rings. The van der Waals surface area contributed by atoms with Gasteiger partial charge in [-0.05, 0) is 33.9 Å². The van der Waals surface area contributed by atoms with Crippen LogP contribution in [0, 0.1) is 0 Å². The van der Waals surface area contributed by atoms with Crippen molar-refractivity contribution in [3.63, 3.8) is 0 Å². The Morgan fingerprint density at radius 1 is 1.48 bits per heavy atom. The van der Waals surface area contributed by atoms with Gasteiger partial charge in [-0.15, -0.1) is 0 Å². The van der Waals surface area contributed by atoms with Crippen LogP contribution in [0.4, 0.5) is 4.79 Å². The summed E-state index contributed by atoms with van der Waals surface area (Å²) < 4.78 is 5.26. The summed E-state index contributed by atoms with van der Waals surface area (Å²) in [6.07, 6.45) is 0.790. The molecule has 0 aromatic rings. The second kappa shape index (κ2) is 8.84. The molecular weight excluding hydrogens is 274 g/mol. The largest absolute Gasteiger partial charge is 0.481 e. The highest BCUT2D eigenvalue weighted by Crippen LogP contribution is 2.10. The summed E-state index contributed by atoms with van der Waals surface area (Å²) in [6.45, 7) is 6.95. The van der Waals surface area contributed by atoms with Gasteiger partial charge >= 0.3 is 12.0 Å². The number of amides is 2. The van der Waals surface area contributed by atoms with E-state index in [-0.39, 0.29) is 25.1 Å². The van der Waals surface area contributed by atoms with Crippen LogP contribution in [0.25, 0.3) is 0 Å². The third kappa shape index (κ3) is 6.31. The van der Waals surface area contributed by atoms with Gasteiger partial charge in [0.25, 0.3) is 0 Å². The van der Waals surface area contributed by atoms with E-state index in [1.807, 2.05) is 0 Å². The lowest BCUT2D eigenvalue weighted by molar-refractivity contribution is -0.139. The van der Waals surface area contributed by atoms with Crippen LogP contribution in [0.1, 0.15) is 26.7 Å². The fraction of sp³-hybridized carbons (Fsp3) is 0.857. The van der Waals surface area contributed by atoms with Crippen LogP contribution in [-0.4, -0.2) is 78.9 Å². The normalized spacial score (nSPS) is 19.1. The number of nitrogens with one attached hydrogen (secondary N) is 1. The second-order valence-corrected chi connectivity index (χ2v) is 5.68. The van der Waals surface area contributed by atoms with Crippen molar-refractivity contribution in [1.29, 1.82) is 0 Å². The molecule has 2 N–H and O–H groups in total. The monoisotopic (exact) mass is 301 g/mol. The van der Waals surface area contributed by atoms with E-state index in [0.717, 1.165) is 13.0 Å². The number of aliphatic carboxylic acids is 1. The minimum absolute atomic E-state index is 0.0799. The smallest absolute Gasteiger partial charge is 0.317 e. The summed E-state index contributed by atoms with van der Waals surface area (Å²) in [7, 11) is 2.05. The molecule has 1 saturated heterocycles. The Morgan fingerprint density at radius 3 is 2.81 bits per heavy atom. The Hall–Kier alpha value is -1.34. The fourth-order valence-corrected chi connectivity index (χ4v) is 2.18. The van der Waals surface area contributed by atoms with E-state index in [1.54, 1.807) is 4.90 Å². The van der Waals surface area contributed by atoms with E-state index in [2.05, 4.69) is 31.1 Å². The Balaban J connectivity index is 2.33. The first-order valence-electron chi connectivity index (χ1n) is 7.46. The van der Waals surface area contributed by atoms with Crippen LogP contribution in [-0.2, 0) is 9.53 Å². The van der Waals surface area contributed by atoms with Gasteiger partial charge in [0, 0.05) is 19.1 Å². The maximum Gasteiger partial charge on any atom is 0.317 e. The van der Waals surface area contributed by atoms with Gasteiger partial charge in [0.05, 0.1) is 25.7 Å². The molecule has 1 atom stereocenters. The number of carbonyl (C=O) groups excluding carboxylic acids is 1. The average molecular weight is 301 g/mol. The highest BCUT2D eigenvalue weighted by atomic mass is 16.5. The SMILES string of the molecule is CC(C)N(C)CCCNC(=O)N1CCOCC1CC(=O)O. The third-order valence-corrected chi connectivity index (χ3v) is 3.74. The first-order valence-corrected chi connectivity index (χ1v) is 7.46. The first kappa shape index (κ1) is 17.7. The molecule has 1 unspecified atom stereocenters. The van der Waals surface area contributed by atoms with Gasteiger partial charge in [0.1, 0.15) is 0 Å². The average Bonchev–Trinajstić information content (AvgIpc) is 2.42. The number of carbonyl (C=O) groups is 2. The lowest BCUT2D eigenvalue weighted by Gasteiger charge is -2.34. The number of ether oxygens (including phenoxy) is 1. The zero-order chi connectivity index (χ0) is 15.8. The molecule has 1 fully saturated rings. The van der Waals surface area contributed by atoms with Crippen molar-refractivity contribution in [2.24, 2.45) is 0 Å². The molecule has 21 heavy (non-hydrogen) atoms. The predicted molar refractivity (Wildman–Crippen MR) is 79.3 cm³/mol. The van der Waals surface area contributed by atoms with Crippen LogP contribution >= 0.6 is 0 Å². The molecule has 0 aliphatic carbocycles. The number of carboxylic acid groups (broad SMARTS) is 1. The van der Waals surface area contributed by atoms with Crippen molar-refractivity contribution in [2.45, 2.75) is 38.8 Å². The Morgan fingerprint density at radius 2 is 2.19 bits per heavy atom. The zero-order valence-corrected chi connectivity index (χ0v) is 13.2. The van der Waals surface area contributed by atoms with E-state index in [4.69, 9.17) is 9.84 Å². The van der Waals surface area contributed by atoms with Crippen molar-refractivity contribution >= 4 is 12.0 Å². The van der Waals surface area contributed by atoms with Crippen LogP contribution in [0.15, 0.2) is 0 Å². The topological polar surface area (TPSA) is 82.1 Å². The molecular formula is C14H27N3O4. The maximum atomic E-state index is 12.1. The number of morpholine rings is 1. The second-order valence-electron chi connectivity index (χ2n) is 5.68. The molecule has 2 amide bonds. The van der Waals surface area contributed by atoms with Gasteiger partial charge < -0.3 is 25.0 Å². The number of hydrogen-bond acceptors (Lipinski definition) is 4. The number of nitrogens with zero attached hydrogens (tertiary/aromatic N) is 2. The molecule has 0 spiro atoms. The summed E-state index contributed by atoms with van der Waals surface area (Å²) in [6, 6.07) is -0.0915. The zero-order valence-electron chi connectivity index (χ0n) is 13.2. The van der Waals surface area contributed by atoms with Crippen molar-refractivity contribution in [3.05, 3.63) is 0 Å². The maximum absolute atomic E-state index is 12.1. The molecule has 0 saturated carbocycles. The molecule has 1 rings (SSSR count). The summed E-state index contributed by atoms with van der Waals surface area (Å²) in [5.74, 6) is -0.915. The van der Waals surface area contributed by atoms with Crippen LogP contribution in [0.2, 0.25) is 0 Å². The van der Waals surface area contributed by atoms with E-state index >= 15 is 0 Å². The van der Waals surface area contributed by atoms with Crippen molar-refractivity contribution in [2.75, 3.05) is 39.9 Å². The molecule has 7 heteroatoms. The molecule has 1 aliphatic heterocycles. The molecule has 0 bridgehead atoms. The van der Waals surface area contributed by atoms with Crippen LogP contribution in [0.3, 0.4) is 0 Å². The van der Waals surface area contributed by atoms with Crippen LogP contribution in [0.5, 0.6) is 0 Å². The number of rotatable bonds is 7. The Kier molecular flexibility index (Phi) is 7.45. The summed E-state index contributed by atoms with van der Waals surface area (Å²) >= 11 is 0. The molecule has 7 nitrogen and oxygen atoms in total. The van der Waals surface area contributed by atoms with Crippen molar-refractivity contribution in [1.82, 2.24) is 15.1 Å². The van der Waals surface area contributed by atoms with Gasteiger partial charge in [0.15, 0.2) is 0 Å². The molecule has 0 radical (unpaired) electrons. The van der Waals surface area contributed by atoms with Gasteiger partial charge in [-0.3, -0.25) is 4.79 Å². The van der Waals surface area contributed by atoms with Crippen molar-refractivity contribution in [3.8, 4) is 0 Å². The number of urea groups is 1. The summed E-state index contributed by atoms with van der Waals surface area (Å²) in [5, 5.41) is 11.7. The number of carboxylic acids is 1. The number of hydrogen-bond donors (Lipinski definition) is 2. The van der Waals surface area contributed by atoms with E-state index in [0.29, 0.717) is 25.7 Å². The summed E-state index contributed by atoms with van der Waals surface area (Å²) in [4.78, 5) is 26.7. The Bertz CT molecular complexity index is 349. The molecule has 0 aromatic carbocycles. The molecule has 0 aromatic heterocycles. The lowest BCUT2D eigenvalue weighted by Crippen LogP contribution is -2.53. The predicted octanol–water partition coefficient (Wildman–Crippen LogP) is 0.602. The quantitative estimate of drug-likeness (QED) is 0.673. The Labute approximate surface area is 126 Å². The standard InChI is InChI=1S/C14H27N3O4/c1-11(2)16(3)6-4-5-15-14(20)17-7-8-21-10-12(17)9-13(18)19/h11-12H,4-10H2,1-3H3,(H,15,20)(H,18,19). The van der Waals surface area contributed by atoms with Gasteiger partial charge in [-0.1, -0.05) is 0 Å². The minimum Gasteiger partial charge on any atom is -0.481 e. The van der Waals surface area contributed by atoms with Crippen molar-refractivity contribution < 1.29 is 19.4 Å².